The van der Waals surface area contributed by atoms with Crippen molar-refractivity contribution >= 4 is 11.7 Å². The van der Waals surface area contributed by atoms with Crippen LogP contribution >= 0.6 is 0 Å². The van der Waals surface area contributed by atoms with Crippen molar-refractivity contribution in [2.75, 3.05) is 33.2 Å². The first-order chi connectivity index (χ1) is 22.7. The second-order valence-corrected chi connectivity index (χ2v) is 11.7. The smallest absolute Gasteiger partial charge is 0.254 e. The number of pyridine rings is 3. The van der Waals surface area contributed by atoms with Crippen molar-refractivity contribution in [1.82, 2.24) is 14.5 Å². The lowest BCUT2D eigenvalue weighted by atomic mass is 9.95. The minimum Gasteiger partial charge on any atom is -0.493 e. The quantitative estimate of drug-likeness (QED) is 0.210. The molecule has 1 aliphatic heterocycles. The molecule has 10 nitrogen and oxygen atoms in total. The van der Waals surface area contributed by atoms with Gasteiger partial charge < -0.3 is 30.2 Å². The van der Waals surface area contributed by atoms with Crippen LogP contribution in [-0.4, -0.2) is 47.9 Å². The second-order valence-electron chi connectivity index (χ2n) is 11.7. The Morgan fingerprint density at radius 1 is 0.851 bits per heavy atom. The van der Waals surface area contributed by atoms with Gasteiger partial charge in [-0.25, -0.2) is 4.98 Å². The first kappa shape index (κ1) is 31.5. The molecule has 1 fully saturated rings. The number of ether oxygens (including phenoxy) is 3. The number of primary amides is 1. The highest BCUT2D eigenvalue weighted by Gasteiger charge is 2.21. The summed E-state index contributed by atoms with van der Waals surface area (Å²) in [5.74, 6) is 1.25. The summed E-state index contributed by atoms with van der Waals surface area (Å²) in [4.78, 5) is 35.2. The average Bonchev–Trinajstić information content (AvgIpc) is 3.09. The fourth-order valence-corrected chi connectivity index (χ4v) is 6.02. The molecule has 47 heavy (non-hydrogen) atoms. The molecule has 3 aromatic heterocycles. The molecule has 1 amide bonds. The molecule has 6 rings (SSSR count). The summed E-state index contributed by atoms with van der Waals surface area (Å²) in [5.41, 5.74) is 18.3. The van der Waals surface area contributed by atoms with Crippen molar-refractivity contribution in [3.63, 3.8) is 0 Å². The molecule has 0 spiro atoms. The van der Waals surface area contributed by atoms with Crippen molar-refractivity contribution in [2.45, 2.75) is 26.3 Å². The molecule has 0 bridgehead atoms. The van der Waals surface area contributed by atoms with Crippen LogP contribution in [0, 0.1) is 12.8 Å². The van der Waals surface area contributed by atoms with Crippen LogP contribution in [0.2, 0.25) is 0 Å². The Morgan fingerprint density at radius 2 is 1.53 bits per heavy atom. The van der Waals surface area contributed by atoms with Gasteiger partial charge >= 0.3 is 0 Å². The molecule has 1 aliphatic rings. The van der Waals surface area contributed by atoms with Crippen molar-refractivity contribution in [2.24, 2.45) is 11.7 Å². The van der Waals surface area contributed by atoms with Gasteiger partial charge in [-0.2, -0.15) is 0 Å². The predicted molar refractivity (Wildman–Crippen MR) is 182 cm³/mol. The van der Waals surface area contributed by atoms with Gasteiger partial charge in [-0.05, 0) is 72.2 Å². The first-order valence-corrected chi connectivity index (χ1v) is 15.4. The zero-order valence-corrected chi connectivity index (χ0v) is 26.7. The molecule has 240 valence electrons. The van der Waals surface area contributed by atoms with Gasteiger partial charge in [0.15, 0.2) is 11.5 Å². The SMILES string of the molecule is COc1ccc(-c2cnc(N)c(-c3ccc(-c4cc(C)cnc4-c4cn(CC5CCOCC5)cc(C(N)=O)c4=O)cc3)c2)cc1OC. The summed E-state index contributed by atoms with van der Waals surface area (Å²) >= 11 is 0. The molecule has 4 heterocycles. The largest absolute Gasteiger partial charge is 0.493 e. The number of carbonyl (C=O) groups excluding carboxylic acids is 1. The Balaban J connectivity index is 1.38. The molecule has 1 saturated heterocycles. The molecule has 0 saturated carbocycles. The lowest BCUT2D eigenvalue weighted by molar-refractivity contribution is 0.0612. The Bertz CT molecular complexity index is 2000. The van der Waals surface area contributed by atoms with Crippen LogP contribution in [0.1, 0.15) is 28.8 Å². The summed E-state index contributed by atoms with van der Waals surface area (Å²) in [7, 11) is 3.20. The Morgan fingerprint density at radius 3 is 2.21 bits per heavy atom. The topological polar surface area (TPSA) is 145 Å². The van der Waals surface area contributed by atoms with E-state index in [1.807, 2.05) is 66.1 Å². The zero-order chi connectivity index (χ0) is 33.1. The first-order valence-electron chi connectivity index (χ1n) is 15.4. The number of anilines is 1. The molecule has 0 radical (unpaired) electrons. The van der Waals surface area contributed by atoms with E-state index in [9.17, 15) is 9.59 Å². The number of hydrogen-bond donors (Lipinski definition) is 2. The second kappa shape index (κ2) is 13.5. The number of nitrogens with zero attached hydrogens (tertiary/aromatic N) is 3. The normalized spacial score (nSPS) is 13.3. The highest BCUT2D eigenvalue weighted by molar-refractivity contribution is 5.94. The van der Waals surface area contributed by atoms with E-state index in [1.165, 1.54) is 0 Å². The number of nitrogen functional groups attached to an aromatic ring is 1. The average molecular weight is 632 g/mol. The minimum absolute atomic E-state index is 0.0597. The number of aromatic nitrogens is 3. The van der Waals surface area contributed by atoms with Gasteiger partial charge in [0, 0.05) is 61.2 Å². The van der Waals surface area contributed by atoms with Gasteiger partial charge in [0.2, 0.25) is 5.43 Å². The van der Waals surface area contributed by atoms with E-state index >= 15 is 0 Å². The Labute approximate surface area is 273 Å². The van der Waals surface area contributed by atoms with Crippen molar-refractivity contribution in [3.05, 3.63) is 101 Å². The van der Waals surface area contributed by atoms with Crippen LogP contribution in [0.25, 0.3) is 44.6 Å². The van der Waals surface area contributed by atoms with Gasteiger partial charge in [0.1, 0.15) is 11.4 Å². The fraction of sp³-hybridized carbons (Fsp3) is 0.243. The van der Waals surface area contributed by atoms with E-state index in [2.05, 4.69) is 4.98 Å². The predicted octanol–water partition coefficient (Wildman–Crippen LogP) is 5.74. The van der Waals surface area contributed by atoms with Crippen LogP contribution in [0.5, 0.6) is 11.5 Å². The number of rotatable bonds is 9. The molecule has 4 N–H and O–H groups in total. The maximum absolute atomic E-state index is 13.6. The molecular weight excluding hydrogens is 594 g/mol. The van der Waals surface area contributed by atoms with E-state index < -0.39 is 11.3 Å². The standard InChI is InChI=1S/C37H37N5O5/c1-22-14-28(34(40-17-22)30-20-42(19-23-10-12-47-13-11-23)21-31(35(30)43)37(39)44)24-4-6-25(7-5-24)29-15-27(18-41-36(29)38)26-8-9-32(45-2)33(16-26)46-3/h4-9,14-18,20-21,23H,10-13,19H2,1-3H3,(H2,38,41)(H2,39,44). The summed E-state index contributed by atoms with van der Waals surface area (Å²) in [6, 6.07) is 17.6. The Kier molecular flexibility index (Phi) is 9.03. The van der Waals surface area contributed by atoms with Crippen LogP contribution in [0.15, 0.2) is 84.2 Å². The van der Waals surface area contributed by atoms with Gasteiger partial charge in [-0.1, -0.05) is 30.3 Å². The van der Waals surface area contributed by atoms with Crippen LogP contribution in [-0.2, 0) is 11.3 Å². The monoisotopic (exact) mass is 631 g/mol. The lowest BCUT2D eigenvalue weighted by Crippen LogP contribution is -2.27. The third-order valence-electron chi connectivity index (χ3n) is 8.58. The van der Waals surface area contributed by atoms with Gasteiger partial charge in [-0.15, -0.1) is 0 Å². The summed E-state index contributed by atoms with van der Waals surface area (Å²) in [5, 5.41) is 0. The summed E-state index contributed by atoms with van der Waals surface area (Å²) < 4.78 is 18.3. The molecule has 2 aromatic carbocycles. The lowest BCUT2D eigenvalue weighted by Gasteiger charge is -2.23. The Hall–Kier alpha value is -5.48. The molecule has 0 aliphatic carbocycles. The summed E-state index contributed by atoms with van der Waals surface area (Å²) in [6.45, 7) is 3.99. The van der Waals surface area contributed by atoms with E-state index in [4.69, 9.17) is 30.7 Å². The highest BCUT2D eigenvalue weighted by atomic mass is 16.5. The fourth-order valence-electron chi connectivity index (χ4n) is 6.02. The number of hydrogen-bond acceptors (Lipinski definition) is 8. The number of benzene rings is 2. The van der Waals surface area contributed by atoms with Gasteiger partial charge in [0.25, 0.3) is 5.91 Å². The van der Waals surface area contributed by atoms with Crippen molar-refractivity contribution in [3.8, 4) is 56.1 Å². The van der Waals surface area contributed by atoms with E-state index in [1.54, 1.807) is 39.0 Å². The van der Waals surface area contributed by atoms with Crippen LogP contribution in [0.4, 0.5) is 5.82 Å². The third kappa shape index (κ3) is 6.59. The van der Waals surface area contributed by atoms with Crippen molar-refractivity contribution in [1.29, 1.82) is 0 Å². The van der Waals surface area contributed by atoms with E-state index in [-0.39, 0.29) is 5.56 Å². The maximum Gasteiger partial charge on any atom is 0.254 e. The number of carbonyl (C=O) groups is 1. The van der Waals surface area contributed by atoms with Gasteiger partial charge in [0.05, 0.1) is 25.5 Å². The highest BCUT2D eigenvalue weighted by Crippen LogP contribution is 2.36. The maximum atomic E-state index is 13.6. The van der Waals surface area contributed by atoms with Crippen LogP contribution < -0.4 is 26.4 Å². The number of methoxy groups -OCH3 is 2. The number of nitrogens with two attached hydrogens (primary N) is 2. The van der Waals surface area contributed by atoms with Crippen LogP contribution in [0.3, 0.4) is 0 Å². The number of aryl methyl sites for hydroxylation is 1. The zero-order valence-electron chi connectivity index (χ0n) is 26.7. The minimum atomic E-state index is -0.767. The van der Waals surface area contributed by atoms with Crippen molar-refractivity contribution < 1.29 is 19.0 Å². The molecule has 0 unspecified atom stereocenters. The molecule has 0 atom stereocenters. The molecule has 5 aromatic rings. The van der Waals surface area contributed by atoms with E-state index in [0.717, 1.165) is 51.8 Å². The third-order valence-corrected chi connectivity index (χ3v) is 8.58. The molecule has 10 heteroatoms. The van der Waals surface area contributed by atoms with E-state index in [0.29, 0.717) is 54.3 Å². The number of amides is 1. The molecular formula is C37H37N5O5. The summed E-state index contributed by atoms with van der Waals surface area (Å²) in [6.07, 6.45) is 8.61. The van der Waals surface area contributed by atoms with Gasteiger partial charge in [-0.3, -0.25) is 14.6 Å².